The zero-order valence-electron chi connectivity index (χ0n) is 19.8. The highest BCUT2D eigenvalue weighted by Crippen LogP contribution is 2.49. The number of aliphatic carboxylic acids is 1. The molecule has 194 valence electrons. The fourth-order valence-electron chi connectivity index (χ4n) is 4.18. The van der Waals surface area contributed by atoms with Gasteiger partial charge in [0.15, 0.2) is 0 Å². The smallest absolute Gasteiger partial charge is 0.490 e. The Morgan fingerprint density at radius 3 is 2.31 bits per heavy atom. The first-order valence-corrected chi connectivity index (χ1v) is 11.5. The second-order valence-electron chi connectivity index (χ2n) is 8.12. The molecule has 0 aromatic heterocycles. The van der Waals surface area contributed by atoms with Crippen LogP contribution in [0.2, 0.25) is 0 Å². The molecule has 2 amide bonds. The van der Waals surface area contributed by atoms with Crippen LogP contribution < -0.4 is 10.1 Å². The van der Waals surface area contributed by atoms with Gasteiger partial charge in [0.05, 0.1) is 26.1 Å². The molecule has 0 radical (unpaired) electrons. The number of carboxylic acids is 1. The number of likely N-dealkylation sites (tertiary alicyclic amines) is 1. The number of hydrogen-bond donors (Lipinski definition) is 2. The van der Waals surface area contributed by atoms with Crippen LogP contribution in [-0.2, 0) is 23.9 Å². The summed E-state index contributed by atoms with van der Waals surface area (Å²) in [7, 11) is 4.35. The van der Waals surface area contributed by atoms with E-state index in [-0.39, 0.29) is 11.8 Å². The van der Waals surface area contributed by atoms with Crippen LogP contribution in [0.5, 0.6) is 5.75 Å². The normalized spacial score (nSPS) is 25.6. The minimum absolute atomic E-state index is 0.288. The number of halogens is 3. The fraction of sp³-hybridized carbons (Fsp3) is 0.545. The Balaban J connectivity index is 0.000000540. The predicted molar refractivity (Wildman–Crippen MR) is 119 cm³/mol. The van der Waals surface area contributed by atoms with Gasteiger partial charge in [-0.2, -0.15) is 13.2 Å². The van der Waals surface area contributed by atoms with Crippen molar-refractivity contribution in [3.8, 4) is 5.75 Å². The summed E-state index contributed by atoms with van der Waals surface area (Å²) >= 11 is 1.70. The van der Waals surface area contributed by atoms with E-state index in [1.807, 2.05) is 18.2 Å². The topological polar surface area (TPSA) is 122 Å². The first-order chi connectivity index (χ1) is 16.2. The van der Waals surface area contributed by atoms with Crippen molar-refractivity contribution in [1.29, 1.82) is 0 Å². The average molecular weight is 521 g/mol. The standard InChI is InChI=1S/C20H26N2O5S.C2HF3O2/c1-6-9-28-13-8-7-11(10-12(13)26-4)16-14-15(18(24)22(3)17(14)23)20(2,21-16)19(25)27-5;3-2(4,5)1(6)7/h7-8,10,14-16,21H,6,9H2,1-5H3;(H,6,7)/t14?,15?,16?,20-;/m1./s1. The number of imide groups is 1. The molecule has 1 aromatic carbocycles. The highest BCUT2D eigenvalue weighted by molar-refractivity contribution is 7.99. The van der Waals surface area contributed by atoms with Crippen molar-refractivity contribution >= 4 is 35.5 Å². The molecule has 2 fully saturated rings. The van der Waals surface area contributed by atoms with Crippen LogP contribution in [-0.4, -0.2) is 72.5 Å². The molecular formula is C22H27F3N2O7S. The Kier molecular flexibility index (Phi) is 8.82. The number of fused-ring (bicyclic) bond motifs is 1. The first-order valence-electron chi connectivity index (χ1n) is 10.5. The van der Waals surface area contributed by atoms with Crippen LogP contribution in [0.15, 0.2) is 23.1 Å². The largest absolute Gasteiger partial charge is 0.496 e. The lowest BCUT2D eigenvalue weighted by molar-refractivity contribution is -0.192. The molecule has 2 aliphatic heterocycles. The molecule has 0 spiro atoms. The number of carbonyl (C=O) groups excluding carboxylic acids is 3. The molecule has 2 heterocycles. The number of rotatable bonds is 6. The summed E-state index contributed by atoms with van der Waals surface area (Å²) < 4.78 is 42.2. The number of carbonyl (C=O) groups is 4. The molecule has 1 aromatic rings. The van der Waals surface area contributed by atoms with Gasteiger partial charge >= 0.3 is 18.1 Å². The lowest BCUT2D eigenvalue weighted by Gasteiger charge is -2.28. The van der Waals surface area contributed by atoms with Crippen LogP contribution in [0.1, 0.15) is 31.9 Å². The molecule has 9 nitrogen and oxygen atoms in total. The lowest BCUT2D eigenvalue weighted by Crippen LogP contribution is -2.53. The molecule has 4 atom stereocenters. The van der Waals surface area contributed by atoms with E-state index >= 15 is 0 Å². The molecule has 0 aliphatic carbocycles. The van der Waals surface area contributed by atoms with E-state index in [0.29, 0.717) is 5.75 Å². The van der Waals surface area contributed by atoms with E-state index in [2.05, 4.69) is 12.2 Å². The zero-order valence-corrected chi connectivity index (χ0v) is 20.6. The molecule has 0 saturated carbocycles. The van der Waals surface area contributed by atoms with Gasteiger partial charge in [-0.25, -0.2) is 4.79 Å². The second-order valence-corrected chi connectivity index (χ2v) is 9.25. The van der Waals surface area contributed by atoms with Gasteiger partial charge in [0.25, 0.3) is 0 Å². The molecule has 13 heteroatoms. The van der Waals surface area contributed by atoms with E-state index in [1.165, 1.54) is 14.2 Å². The summed E-state index contributed by atoms with van der Waals surface area (Å²) in [6.07, 6.45) is -4.04. The van der Waals surface area contributed by atoms with Crippen molar-refractivity contribution in [3.63, 3.8) is 0 Å². The third kappa shape index (κ3) is 5.56. The molecule has 2 N–H and O–H groups in total. The van der Waals surface area contributed by atoms with Gasteiger partial charge < -0.3 is 14.6 Å². The van der Waals surface area contributed by atoms with Gasteiger partial charge in [0, 0.05) is 18.0 Å². The molecule has 2 saturated heterocycles. The number of thioether (sulfide) groups is 1. The lowest BCUT2D eigenvalue weighted by atomic mass is 9.80. The summed E-state index contributed by atoms with van der Waals surface area (Å²) in [4.78, 5) is 49.1. The van der Waals surface area contributed by atoms with Crippen LogP contribution in [0.4, 0.5) is 13.2 Å². The number of carboxylic acid groups (broad SMARTS) is 1. The second kappa shape index (κ2) is 10.9. The molecule has 35 heavy (non-hydrogen) atoms. The van der Waals surface area contributed by atoms with Crippen LogP contribution >= 0.6 is 11.8 Å². The van der Waals surface area contributed by atoms with Crippen molar-refractivity contribution in [2.24, 2.45) is 11.8 Å². The van der Waals surface area contributed by atoms with Crippen molar-refractivity contribution in [1.82, 2.24) is 10.2 Å². The molecule has 0 bridgehead atoms. The summed E-state index contributed by atoms with van der Waals surface area (Å²) in [5, 5.41) is 10.4. The zero-order chi connectivity index (χ0) is 26.7. The number of alkyl halides is 3. The maximum absolute atomic E-state index is 12.8. The van der Waals surface area contributed by atoms with Gasteiger partial charge in [-0.1, -0.05) is 13.0 Å². The predicted octanol–water partition coefficient (Wildman–Crippen LogP) is 2.64. The quantitative estimate of drug-likeness (QED) is 0.331. The minimum Gasteiger partial charge on any atom is -0.496 e. The third-order valence-corrected chi connectivity index (χ3v) is 7.13. The van der Waals surface area contributed by atoms with Crippen molar-refractivity contribution in [2.45, 2.75) is 42.9 Å². The van der Waals surface area contributed by atoms with Crippen molar-refractivity contribution in [2.75, 3.05) is 27.0 Å². The SMILES string of the molecule is CCCSc1ccc(C2N[C@@](C)(C(=O)OC)C3C(=O)N(C)C(=O)C23)cc1OC.O=C(O)C(F)(F)F. The summed E-state index contributed by atoms with van der Waals surface area (Å²) in [6, 6.07) is 5.28. The van der Waals surface area contributed by atoms with Crippen molar-refractivity contribution in [3.05, 3.63) is 23.8 Å². The van der Waals surface area contributed by atoms with Crippen LogP contribution in [0, 0.1) is 11.8 Å². The number of ether oxygens (including phenoxy) is 2. The Labute approximate surface area is 204 Å². The number of esters is 1. The van der Waals surface area contributed by atoms with E-state index in [4.69, 9.17) is 19.4 Å². The monoisotopic (exact) mass is 520 g/mol. The highest BCUT2D eigenvalue weighted by Gasteiger charge is 2.66. The molecule has 3 unspecified atom stereocenters. The van der Waals surface area contributed by atoms with E-state index in [1.54, 1.807) is 25.8 Å². The average Bonchev–Trinajstić information content (AvgIpc) is 3.25. The number of amides is 2. The van der Waals surface area contributed by atoms with Gasteiger partial charge in [-0.3, -0.25) is 24.6 Å². The minimum atomic E-state index is -5.08. The number of hydrogen-bond acceptors (Lipinski definition) is 8. The van der Waals surface area contributed by atoms with Gasteiger partial charge in [-0.05, 0) is 36.8 Å². The highest BCUT2D eigenvalue weighted by atomic mass is 32.2. The maximum atomic E-state index is 12.8. The van der Waals surface area contributed by atoms with E-state index in [9.17, 15) is 27.6 Å². The van der Waals surface area contributed by atoms with Crippen LogP contribution in [0.3, 0.4) is 0 Å². The number of methoxy groups -OCH3 is 2. The van der Waals surface area contributed by atoms with Gasteiger partial charge in [0.2, 0.25) is 11.8 Å². The first kappa shape index (κ1) is 28.4. The Morgan fingerprint density at radius 2 is 1.83 bits per heavy atom. The van der Waals surface area contributed by atoms with E-state index < -0.39 is 41.5 Å². The number of benzene rings is 1. The van der Waals surface area contributed by atoms with E-state index in [0.717, 1.165) is 27.5 Å². The van der Waals surface area contributed by atoms with Crippen LogP contribution in [0.25, 0.3) is 0 Å². The maximum Gasteiger partial charge on any atom is 0.490 e. The Morgan fingerprint density at radius 1 is 1.23 bits per heavy atom. The molecule has 3 rings (SSSR count). The Bertz CT molecular complexity index is 1000. The summed E-state index contributed by atoms with van der Waals surface area (Å²) in [6.45, 7) is 3.74. The number of nitrogens with zero attached hydrogens (tertiary/aromatic N) is 1. The van der Waals surface area contributed by atoms with Gasteiger partial charge in [0.1, 0.15) is 11.3 Å². The Hall–Kier alpha value is -2.80. The summed E-state index contributed by atoms with van der Waals surface area (Å²) in [5.74, 6) is -3.74. The van der Waals surface area contributed by atoms with Crippen molar-refractivity contribution < 1.29 is 46.9 Å². The third-order valence-electron chi connectivity index (χ3n) is 5.87. The number of nitrogens with one attached hydrogen (secondary N) is 1. The van der Waals surface area contributed by atoms with Gasteiger partial charge in [-0.15, -0.1) is 11.8 Å². The molecule has 2 aliphatic rings. The fourth-order valence-corrected chi connectivity index (χ4v) is 5.05. The summed E-state index contributed by atoms with van der Waals surface area (Å²) in [5.41, 5.74) is -0.471. The molecular weight excluding hydrogens is 493 g/mol.